The van der Waals surface area contributed by atoms with Gasteiger partial charge in [0.15, 0.2) is 0 Å². The Hall–Kier alpha value is -1.56. The molecule has 0 bridgehead atoms. The quantitative estimate of drug-likeness (QED) is 0.709. The van der Waals surface area contributed by atoms with E-state index in [1.807, 2.05) is 19.1 Å². The fourth-order valence-electron chi connectivity index (χ4n) is 2.16. The van der Waals surface area contributed by atoms with Crippen molar-refractivity contribution in [1.29, 1.82) is 0 Å². The molecule has 0 aromatic heterocycles. The Morgan fingerprint density at radius 1 is 1.27 bits per heavy atom. The summed E-state index contributed by atoms with van der Waals surface area (Å²) in [5, 5.41) is 2.83. The van der Waals surface area contributed by atoms with E-state index >= 15 is 0 Å². The van der Waals surface area contributed by atoms with Crippen molar-refractivity contribution in [1.82, 2.24) is 5.32 Å². The van der Waals surface area contributed by atoms with E-state index in [9.17, 15) is 13.2 Å². The monoisotopic (exact) mass is 326 g/mol. The maximum absolute atomic E-state index is 11.9. The average Bonchev–Trinajstić information content (AvgIpc) is 2.42. The van der Waals surface area contributed by atoms with E-state index in [1.54, 1.807) is 12.1 Å². The van der Waals surface area contributed by atoms with Crippen LogP contribution in [-0.2, 0) is 14.8 Å². The van der Waals surface area contributed by atoms with Crippen LogP contribution in [0.2, 0.25) is 0 Å². The smallest absolute Gasteiger partial charge is 0.232 e. The lowest BCUT2D eigenvalue weighted by molar-refractivity contribution is -0.120. The lowest BCUT2D eigenvalue weighted by Crippen LogP contribution is -2.34. The van der Waals surface area contributed by atoms with Gasteiger partial charge in [-0.15, -0.1) is 0 Å². The Morgan fingerprint density at radius 2 is 2.00 bits per heavy atom. The molecule has 0 aliphatic rings. The van der Waals surface area contributed by atoms with Gasteiger partial charge >= 0.3 is 0 Å². The molecule has 1 aromatic carbocycles. The first-order valence-corrected chi connectivity index (χ1v) is 9.50. The van der Waals surface area contributed by atoms with Gasteiger partial charge in [-0.3, -0.25) is 9.10 Å². The molecule has 124 valence electrons. The summed E-state index contributed by atoms with van der Waals surface area (Å²) in [6, 6.07) is 7.27. The molecule has 22 heavy (non-hydrogen) atoms. The lowest BCUT2D eigenvalue weighted by Gasteiger charge is -2.22. The van der Waals surface area contributed by atoms with Crippen molar-refractivity contribution in [3.05, 3.63) is 29.8 Å². The number of hydrogen-bond acceptors (Lipinski definition) is 3. The van der Waals surface area contributed by atoms with Crippen LogP contribution in [0.25, 0.3) is 0 Å². The van der Waals surface area contributed by atoms with E-state index in [2.05, 4.69) is 12.2 Å². The summed E-state index contributed by atoms with van der Waals surface area (Å²) in [5.74, 6) is -0.114. The molecule has 5 nitrogen and oxygen atoms in total. The van der Waals surface area contributed by atoms with Crippen molar-refractivity contribution in [2.45, 2.75) is 39.5 Å². The van der Waals surface area contributed by atoms with Crippen LogP contribution in [0.3, 0.4) is 0 Å². The molecule has 0 saturated carbocycles. The number of carbonyl (C=O) groups is 1. The molecule has 1 aromatic rings. The van der Waals surface area contributed by atoms with Crippen LogP contribution < -0.4 is 9.62 Å². The minimum atomic E-state index is -3.41. The van der Waals surface area contributed by atoms with E-state index in [4.69, 9.17) is 0 Å². The van der Waals surface area contributed by atoms with Crippen molar-refractivity contribution >= 4 is 21.6 Å². The second-order valence-corrected chi connectivity index (χ2v) is 7.39. The zero-order valence-electron chi connectivity index (χ0n) is 13.6. The standard InChI is InChI=1S/C16H26N2O3S/c1-4-5-6-11-17-16(19)10-12-18(22(3,20)21)15-9-7-8-14(2)13-15/h7-9,13H,4-6,10-12H2,1-3H3,(H,17,19). The van der Waals surface area contributed by atoms with E-state index < -0.39 is 10.0 Å². The molecule has 0 atom stereocenters. The SMILES string of the molecule is CCCCCNC(=O)CCN(c1cccc(C)c1)S(C)(=O)=O. The third-order valence-electron chi connectivity index (χ3n) is 3.33. The first kappa shape index (κ1) is 18.5. The highest BCUT2D eigenvalue weighted by Gasteiger charge is 2.18. The van der Waals surface area contributed by atoms with E-state index in [1.165, 1.54) is 4.31 Å². The van der Waals surface area contributed by atoms with Crippen LogP contribution in [0.15, 0.2) is 24.3 Å². The van der Waals surface area contributed by atoms with Crippen LogP contribution in [0.1, 0.15) is 38.2 Å². The first-order valence-electron chi connectivity index (χ1n) is 7.65. The largest absolute Gasteiger partial charge is 0.356 e. The van der Waals surface area contributed by atoms with Gasteiger partial charge in [-0.25, -0.2) is 8.42 Å². The molecule has 0 radical (unpaired) electrons. The Labute approximate surface area is 133 Å². The molecule has 0 unspecified atom stereocenters. The van der Waals surface area contributed by atoms with Gasteiger partial charge in [0, 0.05) is 19.5 Å². The van der Waals surface area contributed by atoms with Crippen LogP contribution in [-0.4, -0.2) is 33.7 Å². The number of unbranched alkanes of at least 4 members (excludes halogenated alkanes) is 2. The summed E-state index contributed by atoms with van der Waals surface area (Å²) in [5.41, 5.74) is 1.58. The number of anilines is 1. The van der Waals surface area contributed by atoms with E-state index in [0.29, 0.717) is 12.2 Å². The highest BCUT2D eigenvalue weighted by atomic mass is 32.2. The average molecular weight is 326 g/mol. The third kappa shape index (κ3) is 6.47. The molecule has 1 N–H and O–H groups in total. The fourth-order valence-corrected chi connectivity index (χ4v) is 3.08. The van der Waals surface area contributed by atoms with Crippen LogP contribution in [0.4, 0.5) is 5.69 Å². The van der Waals surface area contributed by atoms with Crippen molar-refractivity contribution in [3.63, 3.8) is 0 Å². The number of benzene rings is 1. The molecule has 0 fully saturated rings. The van der Waals surface area contributed by atoms with Gasteiger partial charge in [0.2, 0.25) is 15.9 Å². The Bertz CT molecular complexity index is 585. The van der Waals surface area contributed by atoms with E-state index in [-0.39, 0.29) is 18.9 Å². The highest BCUT2D eigenvalue weighted by molar-refractivity contribution is 7.92. The number of nitrogens with one attached hydrogen (secondary N) is 1. The van der Waals surface area contributed by atoms with Gasteiger partial charge in [-0.2, -0.15) is 0 Å². The van der Waals surface area contributed by atoms with Gasteiger partial charge < -0.3 is 5.32 Å². The molecule has 1 rings (SSSR count). The number of carbonyl (C=O) groups excluding carboxylic acids is 1. The summed E-state index contributed by atoms with van der Waals surface area (Å²) < 4.78 is 25.2. The molecule has 0 aliphatic carbocycles. The maximum Gasteiger partial charge on any atom is 0.232 e. The number of rotatable bonds is 9. The Morgan fingerprint density at radius 3 is 2.59 bits per heavy atom. The molecule has 0 heterocycles. The fraction of sp³-hybridized carbons (Fsp3) is 0.562. The number of aryl methyl sites for hydroxylation is 1. The van der Waals surface area contributed by atoms with Gasteiger partial charge in [0.05, 0.1) is 11.9 Å². The van der Waals surface area contributed by atoms with Crippen molar-refractivity contribution in [2.75, 3.05) is 23.7 Å². The predicted octanol–water partition coefficient (Wildman–Crippen LogP) is 2.46. The number of nitrogens with zero attached hydrogens (tertiary/aromatic N) is 1. The molecule has 0 spiro atoms. The molecule has 1 amide bonds. The summed E-state index contributed by atoms with van der Waals surface area (Å²) in [7, 11) is -3.41. The van der Waals surface area contributed by atoms with Gasteiger partial charge in [0.25, 0.3) is 0 Å². The van der Waals surface area contributed by atoms with Gasteiger partial charge in [0.1, 0.15) is 0 Å². The topological polar surface area (TPSA) is 66.5 Å². The zero-order valence-corrected chi connectivity index (χ0v) is 14.4. The van der Waals surface area contributed by atoms with Crippen molar-refractivity contribution in [3.8, 4) is 0 Å². The zero-order chi connectivity index (χ0) is 16.6. The summed E-state index contributed by atoms with van der Waals surface area (Å²) in [6.45, 7) is 4.82. The van der Waals surface area contributed by atoms with Crippen LogP contribution in [0, 0.1) is 6.92 Å². The second-order valence-electron chi connectivity index (χ2n) is 5.48. The van der Waals surface area contributed by atoms with Gasteiger partial charge in [-0.05, 0) is 31.0 Å². The Kier molecular flexibility index (Phi) is 7.38. The number of hydrogen-bond donors (Lipinski definition) is 1. The second kappa shape index (κ2) is 8.78. The number of sulfonamides is 1. The molecule has 6 heteroatoms. The summed E-state index contributed by atoms with van der Waals surface area (Å²) in [6.07, 6.45) is 4.46. The molecular formula is C16H26N2O3S. The number of amides is 1. The highest BCUT2D eigenvalue weighted by Crippen LogP contribution is 2.19. The Balaban J connectivity index is 2.63. The summed E-state index contributed by atoms with van der Waals surface area (Å²) >= 11 is 0. The minimum Gasteiger partial charge on any atom is -0.356 e. The maximum atomic E-state index is 11.9. The van der Waals surface area contributed by atoms with Crippen LogP contribution in [0.5, 0.6) is 0 Å². The van der Waals surface area contributed by atoms with Crippen LogP contribution >= 0.6 is 0 Å². The predicted molar refractivity (Wildman–Crippen MR) is 90.5 cm³/mol. The van der Waals surface area contributed by atoms with Crippen molar-refractivity contribution in [2.24, 2.45) is 0 Å². The van der Waals surface area contributed by atoms with Crippen molar-refractivity contribution < 1.29 is 13.2 Å². The lowest BCUT2D eigenvalue weighted by atomic mass is 10.2. The molecule has 0 saturated heterocycles. The molecular weight excluding hydrogens is 300 g/mol. The van der Waals surface area contributed by atoms with Gasteiger partial charge in [-0.1, -0.05) is 31.9 Å². The normalized spacial score (nSPS) is 11.2. The summed E-state index contributed by atoms with van der Waals surface area (Å²) in [4.78, 5) is 11.8. The van der Waals surface area contributed by atoms with E-state index in [0.717, 1.165) is 31.1 Å². The first-order chi connectivity index (χ1) is 10.3. The third-order valence-corrected chi connectivity index (χ3v) is 4.53. The minimum absolute atomic E-state index is 0.114. The molecule has 0 aliphatic heterocycles.